The van der Waals surface area contributed by atoms with Crippen LogP contribution in [0.4, 0.5) is 4.39 Å². The van der Waals surface area contributed by atoms with Crippen LogP contribution in [-0.2, 0) is 10.3 Å². The summed E-state index contributed by atoms with van der Waals surface area (Å²) in [5.41, 5.74) is 4.84. The van der Waals surface area contributed by atoms with E-state index in [0.29, 0.717) is 5.56 Å². The van der Waals surface area contributed by atoms with Crippen LogP contribution in [0.15, 0.2) is 24.3 Å². The molecule has 1 saturated carbocycles. The molecule has 1 aromatic rings. The normalized spacial score (nSPS) is 18.3. The van der Waals surface area contributed by atoms with Gasteiger partial charge < -0.3 is 11.1 Å². The van der Waals surface area contributed by atoms with Crippen molar-refractivity contribution in [3.05, 3.63) is 35.6 Å². The van der Waals surface area contributed by atoms with Gasteiger partial charge in [-0.1, -0.05) is 31.0 Å². The molecule has 1 fully saturated rings. The second-order valence-electron chi connectivity index (χ2n) is 5.94. The molecule has 0 spiro atoms. The summed E-state index contributed by atoms with van der Waals surface area (Å²) >= 11 is 0. The van der Waals surface area contributed by atoms with E-state index < -0.39 is 11.1 Å². The number of halogens is 1. The fraction of sp³-hybridized carbons (Fsp3) is 0.533. The highest BCUT2D eigenvalue weighted by Gasteiger charge is 2.40. The minimum atomic E-state index is -0.957. The van der Waals surface area contributed by atoms with Crippen LogP contribution >= 0.6 is 0 Å². The van der Waals surface area contributed by atoms with E-state index in [4.69, 9.17) is 5.73 Å². The summed E-state index contributed by atoms with van der Waals surface area (Å²) in [6, 6.07) is 6.66. The Labute approximate surface area is 113 Å². The molecule has 0 aromatic heterocycles. The van der Waals surface area contributed by atoms with Crippen LogP contribution in [-0.4, -0.2) is 11.4 Å². The van der Waals surface area contributed by atoms with Crippen LogP contribution in [0.5, 0.6) is 0 Å². The van der Waals surface area contributed by atoms with Crippen molar-refractivity contribution in [3.63, 3.8) is 0 Å². The van der Waals surface area contributed by atoms with Crippen LogP contribution in [0, 0.1) is 5.82 Å². The summed E-state index contributed by atoms with van der Waals surface area (Å²) in [7, 11) is 0. The van der Waals surface area contributed by atoms with Gasteiger partial charge in [0.05, 0.1) is 11.1 Å². The zero-order chi connectivity index (χ0) is 14.1. The molecule has 1 aromatic carbocycles. The van der Waals surface area contributed by atoms with E-state index in [-0.39, 0.29) is 11.7 Å². The summed E-state index contributed by atoms with van der Waals surface area (Å²) in [5.74, 6) is -0.503. The molecule has 19 heavy (non-hydrogen) atoms. The molecule has 0 bridgehead atoms. The van der Waals surface area contributed by atoms with Gasteiger partial charge in [0.1, 0.15) is 5.82 Å². The van der Waals surface area contributed by atoms with Crippen molar-refractivity contribution in [2.24, 2.45) is 5.73 Å². The average molecular weight is 264 g/mol. The maximum absolute atomic E-state index is 14.1. The molecule has 3 nitrogen and oxygen atoms in total. The molecule has 1 amide bonds. The van der Waals surface area contributed by atoms with Crippen molar-refractivity contribution < 1.29 is 9.18 Å². The predicted molar refractivity (Wildman–Crippen MR) is 73.0 cm³/mol. The number of carbonyl (C=O) groups is 1. The maximum Gasteiger partial charge on any atom is 0.240 e. The molecule has 0 heterocycles. The molecule has 3 N–H and O–H groups in total. The lowest BCUT2D eigenvalue weighted by atomic mass is 9.86. The first-order valence-corrected chi connectivity index (χ1v) is 6.72. The fourth-order valence-corrected chi connectivity index (χ4v) is 2.67. The third-order valence-electron chi connectivity index (χ3n) is 3.78. The van der Waals surface area contributed by atoms with Crippen molar-refractivity contribution in [1.29, 1.82) is 0 Å². The van der Waals surface area contributed by atoms with E-state index in [2.05, 4.69) is 5.32 Å². The molecular weight excluding hydrogens is 243 g/mol. The number of carbonyl (C=O) groups excluding carboxylic acids is 1. The Kier molecular flexibility index (Phi) is 3.63. The van der Waals surface area contributed by atoms with Gasteiger partial charge in [-0.2, -0.15) is 0 Å². The molecular formula is C15H21FN2O. The Morgan fingerprint density at radius 2 is 1.89 bits per heavy atom. The molecule has 0 radical (unpaired) electrons. The first-order valence-electron chi connectivity index (χ1n) is 6.72. The quantitative estimate of drug-likeness (QED) is 0.881. The number of amides is 1. The van der Waals surface area contributed by atoms with Crippen molar-refractivity contribution in [1.82, 2.24) is 5.32 Å². The van der Waals surface area contributed by atoms with Gasteiger partial charge in [0.25, 0.3) is 0 Å². The monoisotopic (exact) mass is 264 g/mol. The summed E-state index contributed by atoms with van der Waals surface area (Å²) in [6.07, 6.45) is 3.49. The van der Waals surface area contributed by atoms with Crippen molar-refractivity contribution in [2.45, 2.75) is 50.6 Å². The summed E-state index contributed by atoms with van der Waals surface area (Å²) < 4.78 is 14.1. The van der Waals surface area contributed by atoms with Crippen LogP contribution in [0.2, 0.25) is 0 Å². The summed E-state index contributed by atoms with van der Waals surface area (Å²) in [6.45, 7) is 3.32. The van der Waals surface area contributed by atoms with Crippen LogP contribution in [0.1, 0.15) is 45.1 Å². The van der Waals surface area contributed by atoms with E-state index >= 15 is 0 Å². The van der Waals surface area contributed by atoms with Crippen molar-refractivity contribution >= 4 is 5.91 Å². The fourth-order valence-electron chi connectivity index (χ4n) is 2.67. The molecule has 0 saturated heterocycles. The van der Waals surface area contributed by atoms with Gasteiger partial charge in [-0.05, 0) is 32.8 Å². The molecule has 104 valence electrons. The number of hydrogen-bond acceptors (Lipinski definition) is 2. The highest BCUT2D eigenvalue weighted by Crippen LogP contribution is 2.40. The summed E-state index contributed by atoms with van der Waals surface area (Å²) in [4.78, 5) is 12.2. The SMILES string of the molecule is CC(C)(N)C(=O)NC1(c2ccccc2F)CCCC1. The Hall–Kier alpha value is -1.42. The Bertz CT molecular complexity index is 473. The lowest BCUT2D eigenvalue weighted by Gasteiger charge is -2.34. The summed E-state index contributed by atoms with van der Waals surface area (Å²) in [5, 5.41) is 2.99. The second kappa shape index (κ2) is 4.93. The van der Waals surface area contributed by atoms with Gasteiger partial charge in [-0.25, -0.2) is 4.39 Å². The van der Waals surface area contributed by atoms with Crippen molar-refractivity contribution in [3.8, 4) is 0 Å². The van der Waals surface area contributed by atoms with Gasteiger partial charge in [0.2, 0.25) is 5.91 Å². The molecule has 1 aliphatic carbocycles. The zero-order valence-corrected chi connectivity index (χ0v) is 11.5. The number of nitrogens with two attached hydrogens (primary N) is 1. The maximum atomic E-state index is 14.1. The smallest absolute Gasteiger partial charge is 0.240 e. The molecule has 0 atom stereocenters. The van der Waals surface area contributed by atoms with Crippen LogP contribution < -0.4 is 11.1 Å². The molecule has 4 heteroatoms. The average Bonchev–Trinajstić information content (AvgIpc) is 2.78. The minimum Gasteiger partial charge on any atom is -0.345 e. The van der Waals surface area contributed by atoms with Crippen LogP contribution in [0.3, 0.4) is 0 Å². The van der Waals surface area contributed by atoms with Gasteiger partial charge in [0, 0.05) is 5.56 Å². The highest BCUT2D eigenvalue weighted by molar-refractivity contribution is 5.86. The lowest BCUT2D eigenvalue weighted by molar-refractivity contribution is -0.127. The standard InChI is InChI=1S/C15H21FN2O/c1-14(2,17)13(19)18-15(9-5-6-10-15)11-7-3-4-8-12(11)16/h3-4,7-8H,5-6,9-10,17H2,1-2H3,(H,18,19). The van der Waals surface area contributed by atoms with Gasteiger partial charge >= 0.3 is 0 Å². The van der Waals surface area contributed by atoms with E-state index in [1.165, 1.54) is 6.07 Å². The second-order valence-corrected chi connectivity index (χ2v) is 5.94. The topological polar surface area (TPSA) is 55.1 Å². The molecule has 0 unspecified atom stereocenters. The zero-order valence-electron chi connectivity index (χ0n) is 11.5. The lowest BCUT2D eigenvalue weighted by Crippen LogP contribution is -2.55. The van der Waals surface area contributed by atoms with Gasteiger partial charge in [-0.3, -0.25) is 4.79 Å². The van der Waals surface area contributed by atoms with Gasteiger partial charge in [0.15, 0.2) is 0 Å². The Balaban J connectivity index is 2.34. The number of hydrogen-bond donors (Lipinski definition) is 2. The van der Waals surface area contributed by atoms with Crippen molar-refractivity contribution in [2.75, 3.05) is 0 Å². The first-order chi connectivity index (χ1) is 8.85. The number of benzene rings is 1. The highest BCUT2D eigenvalue weighted by atomic mass is 19.1. The molecule has 0 aliphatic heterocycles. The van der Waals surface area contributed by atoms with E-state index in [0.717, 1.165) is 25.7 Å². The predicted octanol–water partition coefficient (Wildman–Crippen LogP) is 2.45. The minimum absolute atomic E-state index is 0.238. The molecule has 2 rings (SSSR count). The molecule has 1 aliphatic rings. The van der Waals surface area contributed by atoms with E-state index in [1.54, 1.807) is 32.0 Å². The first kappa shape index (κ1) is 14.0. The Morgan fingerprint density at radius 1 is 1.32 bits per heavy atom. The Morgan fingerprint density at radius 3 is 2.42 bits per heavy atom. The third kappa shape index (κ3) is 2.78. The van der Waals surface area contributed by atoms with Gasteiger partial charge in [-0.15, -0.1) is 0 Å². The van der Waals surface area contributed by atoms with E-state index in [9.17, 15) is 9.18 Å². The number of nitrogens with one attached hydrogen (secondary N) is 1. The van der Waals surface area contributed by atoms with E-state index in [1.807, 2.05) is 0 Å². The van der Waals surface area contributed by atoms with Crippen LogP contribution in [0.25, 0.3) is 0 Å². The largest absolute Gasteiger partial charge is 0.345 e. The number of rotatable bonds is 3. The third-order valence-corrected chi connectivity index (χ3v) is 3.78.